The van der Waals surface area contributed by atoms with Crippen LogP contribution in [0.2, 0.25) is 0 Å². The molecule has 0 amide bonds. The van der Waals surface area contributed by atoms with E-state index in [2.05, 4.69) is 12.3 Å². The van der Waals surface area contributed by atoms with Crippen LogP contribution < -0.4 is 0 Å². The molecule has 17 heavy (non-hydrogen) atoms. The van der Waals surface area contributed by atoms with E-state index in [1.807, 2.05) is 54.6 Å². The van der Waals surface area contributed by atoms with E-state index >= 15 is 0 Å². The average molecular weight is 223 g/mol. The third-order valence-corrected chi connectivity index (χ3v) is 2.48. The molecule has 0 N–H and O–H groups in total. The minimum Gasteiger partial charge on any atom is -0.372 e. The molecule has 0 aliphatic rings. The average Bonchev–Trinajstić information content (AvgIpc) is 2.42. The highest BCUT2D eigenvalue weighted by Gasteiger charge is 1.95. The van der Waals surface area contributed by atoms with Crippen LogP contribution in [0.1, 0.15) is 18.1 Å². The molecular formula is C16H14O. The van der Waals surface area contributed by atoms with Crippen molar-refractivity contribution in [2.24, 2.45) is 0 Å². The van der Waals surface area contributed by atoms with Crippen LogP contribution in [0.4, 0.5) is 0 Å². The second-order valence-electron chi connectivity index (χ2n) is 3.80. The third kappa shape index (κ3) is 3.48. The van der Waals surface area contributed by atoms with Crippen molar-refractivity contribution in [2.75, 3.05) is 0 Å². The lowest BCUT2D eigenvalue weighted by Crippen LogP contribution is -1.93. The highest BCUT2D eigenvalue weighted by Crippen LogP contribution is 2.07. The Kier molecular flexibility index (Phi) is 3.51. The standard InChI is InChI=1S/C16H14O/c1-2-14-8-10-16(11-9-14)13-17-12-15-6-4-3-5-7-15/h1,3-11H,12-13H2/i1D. The second-order valence-corrected chi connectivity index (χ2v) is 3.80. The fraction of sp³-hybridized carbons (Fsp3) is 0.125. The second kappa shape index (κ2) is 5.89. The lowest BCUT2D eigenvalue weighted by Gasteiger charge is -2.04. The summed E-state index contributed by atoms with van der Waals surface area (Å²) in [5, 5.41) is 0. The Bertz CT molecular complexity index is 535. The van der Waals surface area contributed by atoms with Gasteiger partial charge in [0.15, 0.2) is 0 Å². The molecule has 0 bridgehead atoms. The van der Waals surface area contributed by atoms with Crippen molar-refractivity contribution >= 4 is 0 Å². The van der Waals surface area contributed by atoms with Gasteiger partial charge in [0.05, 0.1) is 13.2 Å². The highest BCUT2D eigenvalue weighted by atomic mass is 16.5. The normalized spacial score (nSPS) is 10.2. The van der Waals surface area contributed by atoms with E-state index in [1.165, 1.54) is 5.56 Å². The number of hydrogen-bond acceptors (Lipinski definition) is 1. The maximum Gasteiger partial charge on any atom is 0.124 e. The quantitative estimate of drug-likeness (QED) is 0.722. The van der Waals surface area contributed by atoms with Crippen molar-refractivity contribution < 1.29 is 6.11 Å². The summed E-state index contributed by atoms with van der Waals surface area (Å²) in [5.74, 6) is 2.69. The summed E-state index contributed by atoms with van der Waals surface area (Å²) >= 11 is 0. The summed E-state index contributed by atoms with van der Waals surface area (Å²) in [6, 6.07) is 17.9. The Hall–Kier alpha value is -2.04. The molecule has 0 saturated heterocycles. The van der Waals surface area contributed by atoms with Crippen LogP contribution in [-0.2, 0) is 18.0 Å². The Labute approximate surface area is 103 Å². The van der Waals surface area contributed by atoms with Gasteiger partial charge in [-0.3, -0.25) is 0 Å². The molecule has 0 fully saturated rings. The summed E-state index contributed by atoms with van der Waals surface area (Å²) in [6.07, 6.45) is 2.14. The van der Waals surface area contributed by atoms with Gasteiger partial charge in [-0.1, -0.05) is 48.4 Å². The van der Waals surface area contributed by atoms with Gasteiger partial charge in [0, 0.05) is 5.56 Å². The van der Waals surface area contributed by atoms with Gasteiger partial charge in [0.2, 0.25) is 0 Å². The van der Waals surface area contributed by atoms with E-state index in [0.717, 1.165) is 11.1 Å². The first-order valence-corrected chi connectivity index (χ1v) is 5.52. The van der Waals surface area contributed by atoms with E-state index in [4.69, 9.17) is 6.11 Å². The predicted octanol–water partition coefficient (Wildman–Crippen LogP) is 3.38. The SMILES string of the molecule is [2H]C#Cc1ccc(COCc2ccccc2)cc1. The van der Waals surface area contributed by atoms with Gasteiger partial charge in [0.25, 0.3) is 0 Å². The van der Waals surface area contributed by atoms with E-state index in [9.17, 15) is 0 Å². The van der Waals surface area contributed by atoms with Crippen molar-refractivity contribution in [3.05, 3.63) is 71.3 Å². The molecule has 0 aliphatic carbocycles. The molecule has 0 atom stereocenters. The van der Waals surface area contributed by atoms with Crippen LogP contribution >= 0.6 is 0 Å². The van der Waals surface area contributed by atoms with Crippen LogP contribution in [0.15, 0.2) is 54.6 Å². The van der Waals surface area contributed by atoms with Crippen molar-refractivity contribution in [1.82, 2.24) is 0 Å². The van der Waals surface area contributed by atoms with Crippen LogP contribution in [0.5, 0.6) is 0 Å². The van der Waals surface area contributed by atoms with Gasteiger partial charge in [-0.05, 0) is 23.3 Å². The first-order valence-electron chi connectivity index (χ1n) is 6.02. The Morgan fingerprint density at radius 1 is 0.941 bits per heavy atom. The molecule has 1 heteroatoms. The summed E-state index contributed by atoms with van der Waals surface area (Å²) in [4.78, 5) is 0. The third-order valence-electron chi connectivity index (χ3n) is 2.48. The first kappa shape index (κ1) is 10.1. The van der Waals surface area contributed by atoms with E-state index in [-0.39, 0.29) is 0 Å². The molecule has 2 rings (SSSR count). The fourth-order valence-electron chi connectivity index (χ4n) is 1.55. The molecule has 0 aliphatic heterocycles. The van der Waals surface area contributed by atoms with Gasteiger partial charge in [-0.15, -0.1) is 6.40 Å². The van der Waals surface area contributed by atoms with Crippen molar-refractivity contribution in [3.8, 4) is 12.3 Å². The first-order chi connectivity index (χ1) is 8.88. The molecule has 0 unspecified atom stereocenters. The van der Waals surface area contributed by atoms with Crippen LogP contribution in [0.3, 0.4) is 0 Å². The highest BCUT2D eigenvalue weighted by molar-refractivity contribution is 5.33. The zero-order valence-electron chi connectivity index (χ0n) is 10.5. The van der Waals surface area contributed by atoms with Crippen molar-refractivity contribution in [2.45, 2.75) is 13.2 Å². The fourth-order valence-corrected chi connectivity index (χ4v) is 1.55. The Morgan fingerprint density at radius 2 is 1.59 bits per heavy atom. The zero-order chi connectivity index (χ0) is 12.6. The summed E-state index contributed by atoms with van der Waals surface area (Å²) < 4.78 is 12.4. The predicted molar refractivity (Wildman–Crippen MR) is 69.3 cm³/mol. The summed E-state index contributed by atoms with van der Waals surface area (Å²) in [7, 11) is 0. The van der Waals surface area contributed by atoms with E-state index in [0.29, 0.717) is 13.2 Å². The number of benzene rings is 2. The van der Waals surface area contributed by atoms with Gasteiger partial charge >= 0.3 is 0 Å². The van der Waals surface area contributed by atoms with Gasteiger partial charge in [0.1, 0.15) is 1.37 Å². The van der Waals surface area contributed by atoms with Crippen molar-refractivity contribution in [1.29, 1.82) is 0 Å². The molecule has 1 nitrogen and oxygen atoms in total. The van der Waals surface area contributed by atoms with Gasteiger partial charge < -0.3 is 4.74 Å². The Balaban J connectivity index is 1.84. The molecule has 0 radical (unpaired) electrons. The van der Waals surface area contributed by atoms with E-state index in [1.54, 1.807) is 0 Å². The molecule has 0 aromatic heterocycles. The maximum atomic E-state index is 6.81. The topological polar surface area (TPSA) is 9.23 Å². The van der Waals surface area contributed by atoms with E-state index < -0.39 is 0 Å². The molecule has 2 aromatic carbocycles. The lowest BCUT2D eigenvalue weighted by molar-refractivity contribution is 0.107. The molecule has 0 heterocycles. The van der Waals surface area contributed by atoms with Crippen LogP contribution in [0, 0.1) is 12.3 Å². The van der Waals surface area contributed by atoms with Crippen molar-refractivity contribution in [3.63, 3.8) is 0 Å². The number of rotatable bonds is 4. The molecular weight excluding hydrogens is 208 g/mol. The molecule has 0 spiro atoms. The van der Waals surface area contributed by atoms with Crippen LogP contribution in [-0.4, -0.2) is 0 Å². The molecule has 84 valence electrons. The Morgan fingerprint density at radius 3 is 2.24 bits per heavy atom. The number of terminal acetylenes is 1. The lowest BCUT2D eigenvalue weighted by atomic mass is 10.1. The van der Waals surface area contributed by atoms with Gasteiger partial charge in [-0.25, -0.2) is 0 Å². The minimum absolute atomic E-state index is 0.587. The molecule has 2 aromatic rings. The maximum absolute atomic E-state index is 6.81. The monoisotopic (exact) mass is 223 g/mol. The summed E-state index contributed by atoms with van der Waals surface area (Å²) in [6.45, 7) is 1.21. The van der Waals surface area contributed by atoms with Crippen LogP contribution in [0.25, 0.3) is 0 Å². The summed E-state index contributed by atoms with van der Waals surface area (Å²) in [5.41, 5.74) is 3.15. The smallest absolute Gasteiger partial charge is 0.124 e. The van der Waals surface area contributed by atoms with Gasteiger partial charge in [-0.2, -0.15) is 0 Å². The zero-order valence-corrected chi connectivity index (χ0v) is 9.52. The molecule has 0 saturated carbocycles. The number of ether oxygens (including phenoxy) is 1. The minimum atomic E-state index is 0.587. The number of hydrogen-bond donors (Lipinski definition) is 0. The largest absolute Gasteiger partial charge is 0.372 e.